The predicted molar refractivity (Wildman–Crippen MR) is 71.0 cm³/mol. The van der Waals surface area contributed by atoms with E-state index in [0.29, 0.717) is 24.7 Å². The Hall–Kier alpha value is -1.76. The van der Waals surface area contributed by atoms with Gasteiger partial charge in [0.25, 0.3) is 0 Å². The molecule has 1 fully saturated rings. The van der Waals surface area contributed by atoms with Crippen LogP contribution in [0.3, 0.4) is 0 Å². The molecule has 0 radical (unpaired) electrons. The number of nitrogens with one attached hydrogen (secondary N) is 1. The minimum Gasteiger partial charge on any atom is -0.392 e. The van der Waals surface area contributed by atoms with Gasteiger partial charge in [-0.1, -0.05) is 35.5 Å². The lowest BCUT2D eigenvalue weighted by Crippen LogP contribution is -2.15. The molecule has 3 atom stereocenters. The molecule has 0 bridgehead atoms. The Bertz CT molecular complexity index is 558. The van der Waals surface area contributed by atoms with Crippen molar-refractivity contribution in [2.75, 3.05) is 13.7 Å². The number of benzene rings is 1. The van der Waals surface area contributed by atoms with Crippen LogP contribution in [0.25, 0.3) is 0 Å². The van der Waals surface area contributed by atoms with Gasteiger partial charge in [0.1, 0.15) is 6.10 Å². The first-order valence-corrected chi connectivity index (χ1v) is 6.60. The van der Waals surface area contributed by atoms with Crippen molar-refractivity contribution >= 4 is 0 Å². The zero-order chi connectivity index (χ0) is 13.9. The summed E-state index contributed by atoms with van der Waals surface area (Å²) in [4.78, 5) is 4.40. The van der Waals surface area contributed by atoms with Gasteiger partial charge in [-0.2, -0.15) is 4.98 Å². The van der Waals surface area contributed by atoms with Crippen LogP contribution in [-0.2, 0) is 4.74 Å². The van der Waals surface area contributed by atoms with Crippen LogP contribution in [0, 0.1) is 0 Å². The minimum absolute atomic E-state index is 0.0838. The Morgan fingerprint density at radius 2 is 2.20 bits per heavy atom. The van der Waals surface area contributed by atoms with Gasteiger partial charge in [0, 0.05) is 13.7 Å². The molecule has 20 heavy (non-hydrogen) atoms. The zero-order valence-electron chi connectivity index (χ0n) is 11.2. The molecule has 6 heteroatoms. The van der Waals surface area contributed by atoms with Gasteiger partial charge >= 0.3 is 0 Å². The molecular formula is C14H17N3O3. The molecule has 1 aliphatic rings. The Morgan fingerprint density at radius 3 is 2.85 bits per heavy atom. The molecule has 1 aliphatic heterocycles. The first-order valence-electron chi connectivity index (χ1n) is 6.60. The Balaban J connectivity index is 1.81. The number of nitrogens with zero attached hydrogens (tertiary/aromatic N) is 2. The zero-order valence-corrected chi connectivity index (χ0v) is 11.2. The molecule has 2 aromatic rings. The van der Waals surface area contributed by atoms with Crippen LogP contribution in [0.15, 0.2) is 34.9 Å². The third-order valence-electron chi connectivity index (χ3n) is 3.44. The van der Waals surface area contributed by atoms with Gasteiger partial charge in [-0.25, -0.2) is 0 Å². The van der Waals surface area contributed by atoms with Crippen molar-refractivity contribution in [2.45, 2.75) is 24.7 Å². The molecule has 1 saturated heterocycles. The lowest BCUT2D eigenvalue weighted by atomic mass is 10.1. The summed E-state index contributed by atoms with van der Waals surface area (Å²) < 4.78 is 10.8. The summed E-state index contributed by atoms with van der Waals surface area (Å²) in [5.41, 5.74) is 0.974. The van der Waals surface area contributed by atoms with Gasteiger partial charge in [0.2, 0.25) is 11.7 Å². The number of aromatic nitrogens is 2. The maximum absolute atomic E-state index is 9.52. The molecule has 2 N–H and O–H groups in total. The smallest absolute Gasteiger partial charge is 0.243 e. The highest BCUT2D eigenvalue weighted by molar-refractivity contribution is 5.22. The molecule has 6 nitrogen and oxygen atoms in total. The van der Waals surface area contributed by atoms with E-state index in [0.717, 1.165) is 5.56 Å². The highest BCUT2D eigenvalue weighted by atomic mass is 16.5. The van der Waals surface area contributed by atoms with E-state index < -0.39 is 0 Å². The molecule has 2 heterocycles. The average Bonchev–Trinajstić information content (AvgIpc) is 3.10. The van der Waals surface area contributed by atoms with Gasteiger partial charge in [0.15, 0.2) is 0 Å². The fraction of sp³-hybridized carbons (Fsp3) is 0.429. The second-order valence-corrected chi connectivity index (χ2v) is 4.87. The summed E-state index contributed by atoms with van der Waals surface area (Å²) in [5.74, 6) is 0.992. The number of ether oxygens (including phenoxy) is 1. The Kier molecular flexibility index (Phi) is 3.77. The van der Waals surface area contributed by atoms with Crippen LogP contribution in [0.4, 0.5) is 0 Å². The molecule has 1 aromatic carbocycles. The van der Waals surface area contributed by atoms with Crippen LogP contribution in [0.1, 0.15) is 35.8 Å². The van der Waals surface area contributed by atoms with Crippen molar-refractivity contribution in [3.05, 3.63) is 47.6 Å². The van der Waals surface area contributed by atoms with Crippen LogP contribution in [-0.4, -0.2) is 35.0 Å². The molecule has 106 valence electrons. The number of aliphatic hydroxyl groups is 1. The van der Waals surface area contributed by atoms with Gasteiger partial charge in [0.05, 0.1) is 12.1 Å². The number of rotatable bonds is 4. The van der Waals surface area contributed by atoms with Crippen LogP contribution in [0.5, 0.6) is 0 Å². The second kappa shape index (κ2) is 5.70. The van der Waals surface area contributed by atoms with Crippen molar-refractivity contribution < 1.29 is 14.4 Å². The van der Waals surface area contributed by atoms with E-state index in [4.69, 9.17) is 9.26 Å². The Morgan fingerprint density at radius 1 is 1.40 bits per heavy atom. The average molecular weight is 275 g/mol. The number of hydrogen-bond acceptors (Lipinski definition) is 6. The number of aliphatic hydroxyl groups excluding tert-OH is 1. The molecule has 0 amide bonds. The quantitative estimate of drug-likeness (QED) is 0.872. The first kappa shape index (κ1) is 13.2. The third-order valence-corrected chi connectivity index (χ3v) is 3.44. The summed E-state index contributed by atoms with van der Waals surface area (Å²) in [6, 6.07) is 9.67. The largest absolute Gasteiger partial charge is 0.392 e. The highest BCUT2D eigenvalue weighted by Gasteiger charge is 2.29. The highest BCUT2D eigenvalue weighted by Crippen LogP contribution is 2.26. The van der Waals surface area contributed by atoms with E-state index in [1.807, 2.05) is 30.3 Å². The van der Waals surface area contributed by atoms with Gasteiger partial charge < -0.3 is 19.7 Å². The number of hydrogen-bond donors (Lipinski definition) is 2. The van der Waals surface area contributed by atoms with E-state index in [1.165, 1.54) is 0 Å². The number of β-amino-alcohol motifs (C(OH)–C–C–N with tert-alkyl or cyclic N) is 1. The van der Waals surface area contributed by atoms with Crippen molar-refractivity contribution in [1.82, 2.24) is 15.5 Å². The monoisotopic (exact) mass is 275 g/mol. The maximum atomic E-state index is 9.52. The summed E-state index contributed by atoms with van der Waals surface area (Å²) in [6.45, 7) is 0.550. The predicted octanol–water partition coefficient (Wildman–Crippen LogP) is 1.20. The van der Waals surface area contributed by atoms with Gasteiger partial charge in [-0.3, -0.25) is 0 Å². The molecule has 0 spiro atoms. The summed E-state index contributed by atoms with van der Waals surface area (Å²) in [7, 11) is 1.62. The summed E-state index contributed by atoms with van der Waals surface area (Å²) in [6.07, 6.45) is -0.118. The topological polar surface area (TPSA) is 80.4 Å². The van der Waals surface area contributed by atoms with Gasteiger partial charge in [-0.05, 0) is 12.0 Å². The SMILES string of the molecule is COC(c1ccccc1)c1noc([C@H]2C[C@@H](O)CN2)n1. The number of methoxy groups -OCH3 is 1. The molecule has 3 rings (SSSR count). The summed E-state index contributed by atoms with van der Waals surface area (Å²) >= 11 is 0. The molecule has 0 aliphatic carbocycles. The Labute approximate surface area is 116 Å². The van der Waals surface area contributed by atoms with E-state index in [2.05, 4.69) is 15.5 Å². The van der Waals surface area contributed by atoms with E-state index in [1.54, 1.807) is 7.11 Å². The van der Waals surface area contributed by atoms with E-state index >= 15 is 0 Å². The van der Waals surface area contributed by atoms with Crippen LogP contribution >= 0.6 is 0 Å². The molecule has 1 unspecified atom stereocenters. The second-order valence-electron chi connectivity index (χ2n) is 4.87. The van der Waals surface area contributed by atoms with Gasteiger partial charge in [-0.15, -0.1) is 0 Å². The standard InChI is InChI=1S/C14H17N3O3/c1-19-12(9-5-3-2-4-6-9)13-16-14(20-17-13)11-7-10(18)8-15-11/h2-6,10-12,15,18H,7-8H2,1H3/t10-,11-,12?/m1/s1. The lowest BCUT2D eigenvalue weighted by molar-refractivity contribution is 0.126. The van der Waals surface area contributed by atoms with E-state index in [-0.39, 0.29) is 18.2 Å². The maximum Gasteiger partial charge on any atom is 0.243 e. The van der Waals surface area contributed by atoms with Crippen molar-refractivity contribution in [1.29, 1.82) is 0 Å². The van der Waals surface area contributed by atoms with Crippen LogP contribution in [0.2, 0.25) is 0 Å². The third kappa shape index (κ3) is 2.58. The van der Waals surface area contributed by atoms with Crippen LogP contribution < -0.4 is 5.32 Å². The molecular weight excluding hydrogens is 258 g/mol. The normalized spacial score (nSPS) is 23.9. The molecule has 0 saturated carbocycles. The minimum atomic E-state index is -0.359. The van der Waals surface area contributed by atoms with Crippen molar-refractivity contribution in [3.63, 3.8) is 0 Å². The first-order chi connectivity index (χ1) is 9.78. The van der Waals surface area contributed by atoms with Crippen molar-refractivity contribution in [2.24, 2.45) is 0 Å². The van der Waals surface area contributed by atoms with E-state index in [9.17, 15) is 5.11 Å². The lowest BCUT2D eigenvalue weighted by Gasteiger charge is -2.11. The summed E-state index contributed by atoms with van der Waals surface area (Å²) in [5, 5.41) is 16.7. The van der Waals surface area contributed by atoms with Crippen molar-refractivity contribution in [3.8, 4) is 0 Å². The fourth-order valence-corrected chi connectivity index (χ4v) is 2.42. The molecule has 1 aromatic heterocycles. The fourth-order valence-electron chi connectivity index (χ4n) is 2.42.